The van der Waals surface area contributed by atoms with Crippen LogP contribution in [0.1, 0.15) is 21.5 Å². The highest BCUT2D eigenvalue weighted by Crippen LogP contribution is 2.23. The van der Waals surface area contributed by atoms with Gasteiger partial charge >= 0.3 is 5.97 Å². The number of fused-ring (bicyclic) bond motifs is 1. The summed E-state index contributed by atoms with van der Waals surface area (Å²) in [6, 6.07) is 12.1. The van der Waals surface area contributed by atoms with E-state index < -0.39 is 5.97 Å². The normalized spacial score (nSPS) is 9.50. The molecule has 0 aliphatic heterocycles. The molecule has 18 heavy (non-hydrogen) atoms. The van der Waals surface area contributed by atoms with Crippen molar-refractivity contribution in [2.75, 3.05) is 7.11 Å². The second-order valence-corrected chi connectivity index (χ2v) is 3.67. The first-order valence-electron chi connectivity index (χ1n) is 5.16. The Morgan fingerprint density at radius 2 is 1.78 bits per heavy atom. The van der Waals surface area contributed by atoms with Crippen molar-refractivity contribution in [2.45, 2.75) is 0 Å². The Labute approximate surface area is 104 Å². The number of hydrogen-bond acceptors (Lipinski definition) is 4. The summed E-state index contributed by atoms with van der Waals surface area (Å²) in [4.78, 5) is 11.7. The topological polar surface area (TPSA) is 73.9 Å². The molecule has 0 atom stereocenters. The largest absolute Gasteiger partial charge is 0.465 e. The van der Waals surface area contributed by atoms with Crippen molar-refractivity contribution in [3.8, 4) is 12.1 Å². The first kappa shape index (κ1) is 11.6. The summed E-state index contributed by atoms with van der Waals surface area (Å²) in [6.07, 6.45) is 0. The fraction of sp³-hybridized carbons (Fsp3) is 0.0714. The maximum Gasteiger partial charge on any atom is 0.338 e. The zero-order chi connectivity index (χ0) is 13.1. The molecular weight excluding hydrogens is 228 g/mol. The fourth-order valence-corrected chi connectivity index (χ4v) is 1.78. The smallest absolute Gasteiger partial charge is 0.338 e. The molecular formula is C14H8N2O2. The molecule has 0 fully saturated rings. The van der Waals surface area contributed by atoms with Crippen LogP contribution in [0.5, 0.6) is 0 Å². The molecule has 0 aliphatic carbocycles. The van der Waals surface area contributed by atoms with Crippen LogP contribution < -0.4 is 0 Å². The predicted molar refractivity (Wildman–Crippen MR) is 64.7 cm³/mol. The minimum Gasteiger partial charge on any atom is -0.465 e. The molecule has 0 radical (unpaired) electrons. The van der Waals surface area contributed by atoms with Gasteiger partial charge in [-0.2, -0.15) is 10.5 Å². The zero-order valence-corrected chi connectivity index (χ0v) is 9.60. The van der Waals surface area contributed by atoms with E-state index in [0.717, 1.165) is 0 Å². The summed E-state index contributed by atoms with van der Waals surface area (Å²) < 4.78 is 4.69. The molecule has 4 nitrogen and oxygen atoms in total. The van der Waals surface area contributed by atoms with E-state index in [-0.39, 0.29) is 0 Å². The van der Waals surface area contributed by atoms with Crippen LogP contribution in [-0.4, -0.2) is 13.1 Å². The van der Waals surface area contributed by atoms with Gasteiger partial charge in [0, 0.05) is 0 Å². The summed E-state index contributed by atoms with van der Waals surface area (Å²) in [5.41, 5.74) is 1.17. The number of carbonyl (C=O) groups is 1. The van der Waals surface area contributed by atoms with Crippen molar-refractivity contribution in [3.05, 3.63) is 47.0 Å². The number of nitrogens with zero attached hydrogens (tertiary/aromatic N) is 2. The number of hydrogen-bond donors (Lipinski definition) is 0. The van der Waals surface area contributed by atoms with E-state index in [0.29, 0.717) is 27.5 Å². The van der Waals surface area contributed by atoms with Crippen molar-refractivity contribution in [3.63, 3.8) is 0 Å². The maximum atomic E-state index is 11.7. The van der Waals surface area contributed by atoms with E-state index in [1.54, 1.807) is 24.3 Å². The van der Waals surface area contributed by atoms with E-state index in [2.05, 4.69) is 4.74 Å². The van der Waals surface area contributed by atoms with Crippen LogP contribution >= 0.6 is 0 Å². The molecule has 0 saturated heterocycles. The second kappa shape index (κ2) is 4.57. The number of ether oxygens (including phenoxy) is 1. The lowest BCUT2D eigenvalue weighted by atomic mass is 9.99. The van der Waals surface area contributed by atoms with E-state index in [4.69, 9.17) is 10.5 Å². The van der Waals surface area contributed by atoms with Crippen LogP contribution in [0.2, 0.25) is 0 Å². The van der Waals surface area contributed by atoms with Crippen molar-refractivity contribution < 1.29 is 9.53 Å². The second-order valence-electron chi connectivity index (χ2n) is 3.67. The van der Waals surface area contributed by atoms with Crippen LogP contribution in [0, 0.1) is 22.7 Å². The summed E-state index contributed by atoms with van der Waals surface area (Å²) in [5, 5.41) is 19.1. The number of rotatable bonds is 1. The van der Waals surface area contributed by atoms with Crippen LogP contribution in [0.3, 0.4) is 0 Å². The van der Waals surface area contributed by atoms with Crippen molar-refractivity contribution in [1.82, 2.24) is 0 Å². The van der Waals surface area contributed by atoms with Crippen LogP contribution in [0.25, 0.3) is 10.8 Å². The third-order valence-electron chi connectivity index (χ3n) is 2.62. The van der Waals surface area contributed by atoms with E-state index >= 15 is 0 Å². The Bertz CT molecular complexity index is 716. The van der Waals surface area contributed by atoms with E-state index in [9.17, 15) is 4.79 Å². The number of esters is 1. The third kappa shape index (κ3) is 1.88. The van der Waals surface area contributed by atoms with Crippen LogP contribution in [0.15, 0.2) is 30.3 Å². The Balaban J connectivity index is 2.82. The number of methoxy groups -OCH3 is 1. The van der Waals surface area contributed by atoms with E-state index in [1.165, 1.54) is 13.2 Å². The quantitative estimate of drug-likeness (QED) is 0.712. The maximum absolute atomic E-state index is 11.7. The first-order valence-corrected chi connectivity index (χ1v) is 5.16. The van der Waals surface area contributed by atoms with E-state index in [1.807, 2.05) is 12.1 Å². The summed E-state index contributed by atoms with van der Waals surface area (Å²) in [5.74, 6) is -0.498. The Kier molecular flexibility index (Phi) is 2.95. The summed E-state index contributed by atoms with van der Waals surface area (Å²) >= 11 is 0. The third-order valence-corrected chi connectivity index (χ3v) is 2.62. The molecule has 0 unspecified atom stereocenters. The molecule has 0 saturated carbocycles. The van der Waals surface area contributed by atoms with Gasteiger partial charge in [-0.1, -0.05) is 6.07 Å². The number of carbonyl (C=O) groups excluding carboxylic acids is 1. The van der Waals surface area contributed by atoms with Crippen LogP contribution in [-0.2, 0) is 4.74 Å². The Hall–Kier alpha value is -2.85. The molecule has 0 bridgehead atoms. The van der Waals surface area contributed by atoms with Gasteiger partial charge in [0.05, 0.1) is 35.9 Å². The highest BCUT2D eigenvalue weighted by atomic mass is 16.5. The van der Waals surface area contributed by atoms with Crippen LogP contribution in [0.4, 0.5) is 0 Å². The first-order chi connectivity index (χ1) is 8.69. The van der Waals surface area contributed by atoms with Crippen molar-refractivity contribution in [2.24, 2.45) is 0 Å². The van der Waals surface area contributed by atoms with Crippen molar-refractivity contribution >= 4 is 16.7 Å². The standard InChI is InChI=1S/C14H8N2O2/c1-18-14(17)13-6-10(8-16)5-11-4-9(7-15)2-3-12(11)13/h2-6H,1H3. The lowest BCUT2D eigenvalue weighted by molar-refractivity contribution is 0.0603. The van der Waals surface area contributed by atoms with Gasteiger partial charge in [0.2, 0.25) is 0 Å². The predicted octanol–water partition coefficient (Wildman–Crippen LogP) is 2.37. The minimum absolute atomic E-state index is 0.330. The molecule has 2 aromatic rings. The highest BCUT2D eigenvalue weighted by molar-refractivity contribution is 6.05. The molecule has 2 aromatic carbocycles. The number of benzene rings is 2. The summed E-state index contributed by atoms with van der Waals surface area (Å²) in [6.45, 7) is 0. The van der Waals surface area contributed by atoms with Gasteiger partial charge < -0.3 is 4.74 Å². The van der Waals surface area contributed by atoms with Gasteiger partial charge in [0.25, 0.3) is 0 Å². The lowest BCUT2D eigenvalue weighted by Gasteiger charge is -2.06. The SMILES string of the molecule is COC(=O)c1cc(C#N)cc2cc(C#N)ccc12. The highest BCUT2D eigenvalue weighted by Gasteiger charge is 2.12. The molecule has 0 aliphatic rings. The fourth-order valence-electron chi connectivity index (χ4n) is 1.78. The molecule has 0 amide bonds. The van der Waals surface area contributed by atoms with Crippen molar-refractivity contribution in [1.29, 1.82) is 10.5 Å². The van der Waals surface area contributed by atoms with Gasteiger partial charge in [-0.3, -0.25) is 0 Å². The molecule has 0 N–H and O–H groups in total. The van der Waals surface area contributed by atoms with Gasteiger partial charge in [0.1, 0.15) is 0 Å². The summed E-state index contributed by atoms with van der Waals surface area (Å²) in [7, 11) is 1.29. The van der Waals surface area contributed by atoms with Gasteiger partial charge in [-0.25, -0.2) is 4.79 Å². The minimum atomic E-state index is -0.498. The molecule has 0 spiro atoms. The molecule has 86 valence electrons. The van der Waals surface area contributed by atoms with Gasteiger partial charge in [0.15, 0.2) is 0 Å². The van der Waals surface area contributed by atoms with Gasteiger partial charge in [-0.15, -0.1) is 0 Å². The molecule has 4 heteroatoms. The lowest BCUT2D eigenvalue weighted by Crippen LogP contribution is -2.02. The monoisotopic (exact) mass is 236 g/mol. The Morgan fingerprint density at radius 3 is 2.39 bits per heavy atom. The molecule has 0 heterocycles. The molecule has 0 aromatic heterocycles. The zero-order valence-electron chi connectivity index (χ0n) is 9.60. The Morgan fingerprint density at radius 1 is 1.11 bits per heavy atom. The number of nitriles is 2. The van der Waals surface area contributed by atoms with Gasteiger partial charge in [-0.05, 0) is 35.0 Å². The molecule has 2 rings (SSSR count). The average Bonchev–Trinajstić information content (AvgIpc) is 2.44. The average molecular weight is 236 g/mol.